The molecule has 0 aliphatic carbocycles. The fourth-order valence-electron chi connectivity index (χ4n) is 1.25. The predicted octanol–water partition coefficient (Wildman–Crippen LogP) is 3.04. The normalized spacial score (nSPS) is 16.0. The highest BCUT2D eigenvalue weighted by atomic mass is 16.1. The van der Waals surface area contributed by atoms with Crippen molar-refractivity contribution in [1.82, 2.24) is 0 Å². The lowest BCUT2D eigenvalue weighted by Gasteiger charge is -2.13. The number of Topliss-reactive ketones (excluding diaryl/α,β-unsaturated/α-hetero) is 1. The van der Waals surface area contributed by atoms with Gasteiger partial charge in [0.25, 0.3) is 0 Å². The van der Waals surface area contributed by atoms with Crippen molar-refractivity contribution in [1.29, 1.82) is 0 Å². The van der Waals surface area contributed by atoms with E-state index in [2.05, 4.69) is 13.8 Å². The molecule has 0 aromatic carbocycles. The molecule has 0 N–H and O–H groups in total. The maximum atomic E-state index is 11.2. The second-order valence-electron chi connectivity index (χ2n) is 3.47. The lowest BCUT2D eigenvalue weighted by Crippen LogP contribution is -2.12. The van der Waals surface area contributed by atoms with Gasteiger partial charge in [-0.05, 0) is 12.3 Å². The Hall–Kier alpha value is -0.330. The minimum atomic E-state index is 0.273. The van der Waals surface area contributed by atoms with E-state index < -0.39 is 0 Å². The predicted molar refractivity (Wildman–Crippen MR) is 48.5 cm³/mol. The van der Waals surface area contributed by atoms with Crippen molar-refractivity contribution < 1.29 is 4.79 Å². The van der Waals surface area contributed by atoms with Crippen LogP contribution in [0.5, 0.6) is 0 Å². The smallest absolute Gasteiger partial charge is 0.135 e. The molecular formula is C10H20O. The Morgan fingerprint density at radius 2 is 1.82 bits per heavy atom. The van der Waals surface area contributed by atoms with Gasteiger partial charge in [-0.15, -0.1) is 0 Å². The maximum absolute atomic E-state index is 11.2. The van der Waals surface area contributed by atoms with Crippen molar-refractivity contribution in [2.75, 3.05) is 0 Å². The van der Waals surface area contributed by atoms with Crippen LogP contribution in [-0.4, -0.2) is 5.78 Å². The summed E-state index contributed by atoms with van der Waals surface area (Å²) in [6.07, 6.45) is 2.93. The van der Waals surface area contributed by atoms with Gasteiger partial charge in [-0.3, -0.25) is 4.79 Å². The average molecular weight is 156 g/mol. The standard InChI is InChI=1S/C10H20O/c1-5-8(3)7-9(4)10(11)6-2/h8-9H,5-7H2,1-4H3/t8-,9-/m0/s1. The molecule has 1 nitrogen and oxygen atoms in total. The van der Waals surface area contributed by atoms with E-state index in [9.17, 15) is 4.79 Å². The summed E-state index contributed by atoms with van der Waals surface area (Å²) in [4.78, 5) is 11.2. The van der Waals surface area contributed by atoms with Gasteiger partial charge in [-0.25, -0.2) is 0 Å². The van der Waals surface area contributed by atoms with Crippen molar-refractivity contribution in [2.24, 2.45) is 11.8 Å². The van der Waals surface area contributed by atoms with Crippen molar-refractivity contribution in [3.63, 3.8) is 0 Å². The van der Waals surface area contributed by atoms with Crippen molar-refractivity contribution in [2.45, 2.75) is 47.0 Å². The topological polar surface area (TPSA) is 17.1 Å². The van der Waals surface area contributed by atoms with E-state index in [0.29, 0.717) is 18.1 Å². The third-order valence-electron chi connectivity index (χ3n) is 2.35. The largest absolute Gasteiger partial charge is 0.299 e. The number of hydrogen-bond acceptors (Lipinski definition) is 1. The summed E-state index contributed by atoms with van der Waals surface area (Å²) in [5, 5.41) is 0. The molecule has 0 aromatic rings. The van der Waals surface area contributed by atoms with Crippen LogP contribution in [-0.2, 0) is 4.79 Å². The molecule has 0 saturated carbocycles. The molecule has 0 heterocycles. The number of carbonyl (C=O) groups excluding carboxylic acids is 1. The molecule has 11 heavy (non-hydrogen) atoms. The first-order valence-electron chi connectivity index (χ1n) is 4.64. The van der Waals surface area contributed by atoms with Gasteiger partial charge in [0.15, 0.2) is 0 Å². The molecule has 0 aromatic heterocycles. The molecular weight excluding hydrogens is 136 g/mol. The molecule has 0 fully saturated rings. The zero-order chi connectivity index (χ0) is 8.85. The van der Waals surface area contributed by atoms with Gasteiger partial charge in [0.1, 0.15) is 5.78 Å². The van der Waals surface area contributed by atoms with Crippen LogP contribution in [0, 0.1) is 11.8 Å². The Bertz CT molecular complexity index is 118. The molecule has 0 radical (unpaired) electrons. The highest BCUT2D eigenvalue weighted by Gasteiger charge is 2.12. The number of ketones is 1. The van der Waals surface area contributed by atoms with Crippen LogP contribution in [0.1, 0.15) is 47.0 Å². The first kappa shape index (κ1) is 10.7. The van der Waals surface area contributed by atoms with Crippen molar-refractivity contribution in [3.8, 4) is 0 Å². The summed E-state index contributed by atoms with van der Waals surface area (Å²) < 4.78 is 0. The summed E-state index contributed by atoms with van der Waals surface area (Å²) in [6, 6.07) is 0. The zero-order valence-electron chi connectivity index (χ0n) is 8.18. The summed E-state index contributed by atoms with van der Waals surface area (Å²) in [6.45, 7) is 8.36. The van der Waals surface area contributed by atoms with Crippen LogP contribution in [0.4, 0.5) is 0 Å². The van der Waals surface area contributed by atoms with E-state index >= 15 is 0 Å². The van der Waals surface area contributed by atoms with Gasteiger partial charge < -0.3 is 0 Å². The maximum Gasteiger partial charge on any atom is 0.135 e. The van der Waals surface area contributed by atoms with Gasteiger partial charge in [-0.1, -0.05) is 34.1 Å². The molecule has 0 rings (SSSR count). The molecule has 0 spiro atoms. The monoisotopic (exact) mass is 156 g/mol. The lowest BCUT2D eigenvalue weighted by atomic mass is 9.91. The molecule has 0 aliphatic rings. The van der Waals surface area contributed by atoms with Crippen molar-refractivity contribution >= 4 is 5.78 Å². The van der Waals surface area contributed by atoms with Crippen LogP contribution in [0.15, 0.2) is 0 Å². The van der Waals surface area contributed by atoms with Gasteiger partial charge in [0, 0.05) is 12.3 Å². The Labute approximate surface area is 70.2 Å². The number of rotatable bonds is 5. The second kappa shape index (κ2) is 5.34. The number of carbonyl (C=O) groups is 1. The van der Waals surface area contributed by atoms with Crippen molar-refractivity contribution in [3.05, 3.63) is 0 Å². The van der Waals surface area contributed by atoms with E-state index in [-0.39, 0.29) is 5.92 Å². The van der Waals surface area contributed by atoms with E-state index in [0.717, 1.165) is 6.42 Å². The average Bonchev–Trinajstić information content (AvgIpc) is 2.02. The minimum absolute atomic E-state index is 0.273. The Morgan fingerprint density at radius 1 is 1.27 bits per heavy atom. The lowest BCUT2D eigenvalue weighted by molar-refractivity contribution is -0.122. The first-order valence-corrected chi connectivity index (χ1v) is 4.64. The van der Waals surface area contributed by atoms with E-state index in [1.165, 1.54) is 6.42 Å². The van der Waals surface area contributed by atoms with Gasteiger partial charge >= 0.3 is 0 Å². The Kier molecular flexibility index (Phi) is 5.18. The van der Waals surface area contributed by atoms with Crippen LogP contribution in [0.25, 0.3) is 0 Å². The highest BCUT2D eigenvalue weighted by Crippen LogP contribution is 2.16. The molecule has 0 amide bonds. The second-order valence-corrected chi connectivity index (χ2v) is 3.47. The van der Waals surface area contributed by atoms with Crippen LogP contribution in [0.3, 0.4) is 0 Å². The van der Waals surface area contributed by atoms with E-state index in [4.69, 9.17) is 0 Å². The van der Waals surface area contributed by atoms with Gasteiger partial charge in [0.05, 0.1) is 0 Å². The molecule has 1 heteroatoms. The summed E-state index contributed by atoms with van der Waals surface area (Å²) in [5.74, 6) is 1.38. The summed E-state index contributed by atoms with van der Waals surface area (Å²) in [5.41, 5.74) is 0. The molecule has 0 bridgehead atoms. The first-order chi connectivity index (χ1) is 5.11. The zero-order valence-corrected chi connectivity index (χ0v) is 8.18. The van der Waals surface area contributed by atoms with Crippen LogP contribution >= 0.6 is 0 Å². The summed E-state index contributed by atoms with van der Waals surface area (Å²) in [7, 11) is 0. The molecule has 2 atom stereocenters. The third kappa shape index (κ3) is 4.18. The van der Waals surface area contributed by atoms with E-state index in [1.807, 2.05) is 13.8 Å². The fourth-order valence-corrected chi connectivity index (χ4v) is 1.25. The third-order valence-corrected chi connectivity index (χ3v) is 2.35. The quantitative estimate of drug-likeness (QED) is 0.598. The Balaban J connectivity index is 3.67. The molecule has 66 valence electrons. The molecule has 0 unspecified atom stereocenters. The minimum Gasteiger partial charge on any atom is -0.299 e. The van der Waals surface area contributed by atoms with Crippen LogP contribution in [0.2, 0.25) is 0 Å². The van der Waals surface area contributed by atoms with Gasteiger partial charge in [-0.2, -0.15) is 0 Å². The Morgan fingerprint density at radius 3 is 2.18 bits per heavy atom. The van der Waals surface area contributed by atoms with E-state index in [1.54, 1.807) is 0 Å². The fraction of sp³-hybridized carbons (Fsp3) is 0.900. The highest BCUT2D eigenvalue weighted by molar-refractivity contribution is 5.80. The van der Waals surface area contributed by atoms with Gasteiger partial charge in [0.2, 0.25) is 0 Å². The molecule has 0 aliphatic heterocycles. The SMILES string of the molecule is CCC(=O)[C@@H](C)C[C@@H](C)CC. The molecule has 0 saturated heterocycles. The number of hydrogen-bond donors (Lipinski definition) is 0. The summed E-state index contributed by atoms with van der Waals surface area (Å²) >= 11 is 0. The van der Waals surface area contributed by atoms with Crippen LogP contribution < -0.4 is 0 Å².